The van der Waals surface area contributed by atoms with Crippen LogP contribution in [0, 0.1) is 17.5 Å². The summed E-state index contributed by atoms with van der Waals surface area (Å²) in [5.74, 6) is 0.622. The van der Waals surface area contributed by atoms with Gasteiger partial charge in [0.05, 0.1) is 5.48 Å². The van der Waals surface area contributed by atoms with E-state index in [2.05, 4.69) is 69.0 Å². The predicted octanol–water partition coefficient (Wildman–Crippen LogP) is 14.4. The van der Waals surface area contributed by atoms with Crippen LogP contribution in [0.25, 0.3) is 66.5 Å². The molecule has 0 spiro atoms. The number of ether oxygens (including phenoxy) is 1. The number of nitrogens with zero attached hydrogens (tertiary/aromatic N) is 5. The van der Waals surface area contributed by atoms with Crippen molar-refractivity contribution in [3.63, 3.8) is 0 Å². The molecule has 11 aromatic rings. The fraction of sp³-hybridized carbons (Fsp3) is 0.100. The third-order valence-electron chi connectivity index (χ3n) is 12.9. The third kappa shape index (κ3) is 6.90. The van der Waals surface area contributed by atoms with Gasteiger partial charge in [-0.15, -0.1) is 0 Å². The molecular formula is C60H48BN5OPt. The van der Waals surface area contributed by atoms with Gasteiger partial charge in [-0.3, -0.25) is 0 Å². The van der Waals surface area contributed by atoms with Crippen LogP contribution in [-0.2, 0) is 24.8 Å². The van der Waals surface area contributed by atoms with Crippen molar-refractivity contribution in [3.05, 3.63) is 221 Å². The number of aromatic nitrogens is 4. The number of anilines is 2. The number of hydrogen-bond acceptors (Lipinski definition) is 3. The Labute approximate surface area is 421 Å². The first kappa shape index (κ1) is 32.3. The second kappa shape index (κ2) is 16.4. The number of imidazole rings is 1. The Bertz CT molecular complexity index is 4280. The summed E-state index contributed by atoms with van der Waals surface area (Å²) in [7, 11) is 0. The molecule has 332 valence electrons. The van der Waals surface area contributed by atoms with E-state index in [9.17, 15) is 0 Å². The van der Waals surface area contributed by atoms with Crippen molar-refractivity contribution in [1.82, 2.24) is 18.6 Å². The minimum atomic E-state index is -2.60. The average Bonchev–Trinajstić information content (AvgIpc) is 3.80. The minimum absolute atomic E-state index is 0.0322. The molecule has 68 heavy (non-hydrogen) atoms. The van der Waals surface area contributed by atoms with Crippen LogP contribution < -0.4 is 15.0 Å². The Morgan fingerprint density at radius 1 is 0.632 bits per heavy atom. The molecule has 1 aliphatic heterocycles. The number of benzene rings is 8. The van der Waals surface area contributed by atoms with Crippen LogP contribution >= 0.6 is 0 Å². The molecule has 4 heterocycles. The van der Waals surface area contributed by atoms with Gasteiger partial charge in [-0.25, -0.2) is 0 Å². The van der Waals surface area contributed by atoms with Gasteiger partial charge in [0.15, 0.2) is 0 Å². The van der Waals surface area contributed by atoms with E-state index in [0.29, 0.717) is 37.2 Å². The number of rotatable bonds is 8. The topological polar surface area (TPSA) is 40.1 Å². The molecule has 3 aromatic heterocycles. The van der Waals surface area contributed by atoms with Gasteiger partial charge in [0.2, 0.25) is 0 Å². The van der Waals surface area contributed by atoms with Crippen LogP contribution in [0.5, 0.6) is 11.6 Å². The molecule has 0 amide bonds. The zero-order chi connectivity index (χ0) is 54.7. The Morgan fingerprint density at radius 2 is 1.32 bits per heavy atom. The number of fused-ring (bicyclic) bond motifs is 4. The molecule has 0 N–H and O–H groups in total. The normalized spacial score (nSPS) is 15.0. The first-order chi connectivity index (χ1) is 37.2. The molecule has 0 atom stereocenters. The Kier molecular flexibility index (Phi) is 7.78. The van der Waals surface area contributed by atoms with Crippen molar-refractivity contribution >= 4 is 56.8 Å². The molecule has 0 bridgehead atoms. The van der Waals surface area contributed by atoms with E-state index in [1.165, 1.54) is 0 Å². The van der Waals surface area contributed by atoms with Gasteiger partial charge < -0.3 is 0 Å². The fourth-order valence-electron chi connectivity index (χ4n) is 9.73. The van der Waals surface area contributed by atoms with E-state index in [1.807, 2.05) is 123 Å². The van der Waals surface area contributed by atoms with Crippen molar-refractivity contribution < 1.29 is 37.8 Å². The number of hydrogen-bond donors (Lipinski definition) is 0. The molecule has 0 saturated heterocycles. The quantitative estimate of drug-likeness (QED) is 0.142. The predicted molar refractivity (Wildman–Crippen MR) is 278 cm³/mol. The summed E-state index contributed by atoms with van der Waals surface area (Å²) in [4.78, 5) is 7.10. The zero-order valence-electron chi connectivity index (χ0n) is 47.3. The fourth-order valence-corrected chi connectivity index (χ4v) is 10.8. The number of aryl methyl sites for hydroxylation is 2. The van der Waals surface area contributed by atoms with E-state index >= 15 is 0 Å². The molecule has 0 fully saturated rings. The standard InChI is InChI=1S/C60H48BN5O.Pt/c1-40-36-49(42-18-8-6-9-19-42)58(50(37-40)43-31-33-44(34-32-43)60(3,4)5)64-39-63(52-25-14-15-26-53(52)64)46-35-30-41(2)55(38-46)67-57-29-17-28-56(62-57)65-54-27-16-23-48-47-22-12-13-24-51(47)66(59(48)54)61(65)45-20-10-7-11-21-45;/h6-38H,1-5H3;/i1D3,2D3,12D,13D,22D,24D;. The molecule has 0 aliphatic carbocycles. The molecular weight excluding hydrogens is 1010 g/mol. The zero-order valence-corrected chi connectivity index (χ0v) is 39.6. The maximum absolute atomic E-state index is 9.17. The van der Waals surface area contributed by atoms with Gasteiger partial charge in [0.1, 0.15) is 0 Å². The van der Waals surface area contributed by atoms with Crippen LogP contribution in [0.4, 0.5) is 11.5 Å². The van der Waals surface area contributed by atoms with Crippen molar-refractivity contribution in [2.45, 2.75) is 39.9 Å². The molecule has 0 radical (unpaired) electrons. The van der Waals surface area contributed by atoms with E-state index in [4.69, 9.17) is 23.4 Å². The number of para-hydroxylation sites is 4. The molecule has 0 saturated carbocycles. The Hall–Kier alpha value is -7.47. The molecule has 0 unspecified atom stereocenters. The van der Waals surface area contributed by atoms with Crippen LogP contribution in [-0.4, -0.2) is 25.6 Å². The van der Waals surface area contributed by atoms with E-state index in [0.717, 1.165) is 55.6 Å². The summed E-state index contributed by atoms with van der Waals surface area (Å²) < 4.78 is 101. The van der Waals surface area contributed by atoms with E-state index in [-0.39, 0.29) is 52.3 Å². The van der Waals surface area contributed by atoms with Gasteiger partial charge in [0.25, 0.3) is 0 Å². The van der Waals surface area contributed by atoms with Crippen molar-refractivity contribution in [2.75, 3.05) is 4.81 Å². The SMILES string of the molecule is [2H]c1c([2H])c([2H])c2c(c1[2H])c1cccc3c1n2B(c1ccccc1)N3c1cccc(Oc2cc(-n3[c](=[Pt])n(-c4c(-c5ccccc5)cc(C([2H])([2H])[2H])cc4-c4ccc(C(C)(C)C)cc4)c4ccccc43)ccc2C([2H])([2H])[2H])n1. The van der Waals surface area contributed by atoms with Crippen LogP contribution in [0.2, 0.25) is 0 Å². The summed E-state index contributed by atoms with van der Waals surface area (Å²) >= 11 is 2.30. The number of pyridine rings is 1. The second-order valence-corrected chi connectivity index (χ2v) is 19.1. The second-order valence-electron chi connectivity index (χ2n) is 18.1. The summed E-state index contributed by atoms with van der Waals surface area (Å²) in [6.07, 6.45) is 0. The molecule has 12 rings (SSSR count). The van der Waals surface area contributed by atoms with Gasteiger partial charge in [-0.05, 0) is 6.04 Å². The van der Waals surface area contributed by atoms with Gasteiger partial charge in [-0.1, -0.05) is 60.6 Å². The maximum atomic E-state index is 9.17. The first-order valence-corrected chi connectivity index (χ1v) is 23.5. The van der Waals surface area contributed by atoms with Crippen LogP contribution in [0.1, 0.15) is 51.2 Å². The van der Waals surface area contributed by atoms with E-state index < -0.39 is 20.7 Å². The molecule has 8 aromatic carbocycles. The summed E-state index contributed by atoms with van der Waals surface area (Å²) in [5, 5.41) is 1.11. The molecule has 8 heteroatoms. The van der Waals surface area contributed by atoms with Crippen molar-refractivity contribution in [1.29, 1.82) is 0 Å². The summed E-state index contributed by atoms with van der Waals surface area (Å²) in [5.41, 5.74) is 9.91. The van der Waals surface area contributed by atoms with Crippen LogP contribution in [0.15, 0.2) is 200 Å². The molecule has 1 aliphatic rings. The third-order valence-corrected chi connectivity index (χ3v) is 13.9. The van der Waals surface area contributed by atoms with Crippen molar-refractivity contribution in [2.24, 2.45) is 0 Å². The molecule has 6 nitrogen and oxygen atoms in total. The summed E-state index contributed by atoms with van der Waals surface area (Å²) in [6.45, 7) is 0.812. The first-order valence-electron chi connectivity index (χ1n) is 27.4. The van der Waals surface area contributed by atoms with Gasteiger partial charge >= 0.3 is 335 Å². The Balaban J connectivity index is 1.03. The Morgan fingerprint density at radius 3 is 2.06 bits per heavy atom. The average molecular weight is 1070 g/mol. The summed E-state index contributed by atoms with van der Waals surface area (Å²) in [6, 6.07) is 54.4. The van der Waals surface area contributed by atoms with E-state index in [1.54, 1.807) is 42.5 Å². The monoisotopic (exact) mass is 1070 g/mol. The van der Waals surface area contributed by atoms with Gasteiger partial charge in [-0.2, -0.15) is 0 Å². The van der Waals surface area contributed by atoms with Gasteiger partial charge in [0, 0.05) is 16.3 Å². The van der Waals surface area contributed by atoms with Crippen molar-refractivity contribution in [3.8, 4) is 45.3 Å². The van der Waals surface area contributed by atoms with Crippen LogP contribution in [0.3, 0.4) is 0 Å².